The molecule has 0 aliphatic heterocycles. The van der Waals surface area contributed by atoms with Gasteiger partial charge in [-0.05, 0) is 0 Å². The number of hydrogen-bond donors (Lipinski definition) is 4. The molecule has 13 heteroatoms. The lowest BCUT2D eigenvalue weighted by atomic mass is 10.5. The zero-order valence-electron chi connectivity index (χ0n) is 14.4. The maximum Gasteiger partial charge on any atom is 0.473 e. The molecule has 0 aromatic rings. The second kappa shape index (κ2) is 11.6. The quantitative estimate of drug-likeness (QED) is 0.281. The molecule has 0 amide bonds. The third-order valence-electron chi connectivity index (χ3n) is 1.75. The van der Waals surface area contributed by atoms with E-state index in [-0.39, 0.29) is 13.2 Å². The number of aliphatic hydroxyl groups excluding tert-OH is 2. The van der Waals surface area contributed by atoms with Crippen molar-refractivity contribution in [3.8, 4) is 0 Å². The van der Waals surface area contributed by atoms with E-state index >= 15 is 0 Å². The summed E-state index contributed by atoms with van der Waals surface area (Å²) in [5.74, 6) is 0. The molecule has 0 aliphatic rings. The second-order valence-electron chi connectivity index (χ2n) is 6.49. The van der Waals surface area contributed by atoms with Gasteiger partial charge in [0, 0.05) is 0 Å². The van der Waals surface area contributed by atoms with E-state index < -0.39 is 15.6 Å². The molecule has 0 rings (SSSR count). The predicted octanol–water partition coefficient (Wildman–Crippen LogP) is -2.71. The molecule has 0 heterocycles. The second-order valence-corrected chi connectivity index (χ2v) is 9.02. The first-order chi connectivity index (χ1) is 9.83. The molecular formula is C10H30N2O9P2. The van der Waals surface area contributed by atoms with Crippen LogP contribution in [0.1, 0.15) is 0 Å². The minimum Gasteiger partial charge on any atom is -0.789 e. The molecule has 0 spiro atoms. The minimum absolute atomic E-state index is 0.281. The zero-order valence-corrected chi connectivity index (χ0v) is 16.2. The van der Waals surface area contributed by atoms with Crippen molar-refractivity contribution in [2.24, 2.45) is 0 Å². The van der Waals surface area contributed by atoms with Crippen molar-refractivity contribution in [1.82, 2.24) is 0 Å². The third kappa shape index (κ3) is 44.9. The molecule has 4 N–H and O–H groups in total. The van der Waals surface area contributed by atoms with Gasteiger partial charge in [0.15, 0.2) is 0 Å². The highest BCUT2D eigenvalue weighted by atomic mass is 31.3. The van der Waals surface area contributed by atoms with Crippen LogP contribution < -0.4 is 9.79 Å². The Morgan fingerprint density at radius 1 is 0.826 bits per heavy atom. The molecule has 23 heavy (non-hydrogen) atoms. The van der Waals surface area contributed by atoms with Crippen molar-refractivity contribution in [1.29, 1.82) is 0 Å². The van der Waals surface area contributed by atoms with Crippen molar-refractivity contribution in [2.45, 2.75) is 0 Å². The van der Waals surface area contributed by atoms with E-state index in [1.165, 1.54) is 0 Å². The Kier molecular flexibility index (Phi) is 14.1. The van der Waals surface area contributed by atoms with Crippen LogP contribution in [0.5, 0.6) is 0 Å². The summed E-state index contributed by atoms with van der Waals surface area (Å²) in [6.45, 7) is 2.23. The van der Waals surface area contributed by atoms with Gasteiger partial charge >= 0.3 is 7.82 Å². The summed E-state index contributed by atoms with van der Waals surface area (Å²) in [4.78, 5) is 34.1. The highest BCUT2D eigenvalue weighted by Gasteiger charge is 2.15. The first-order valence-electron chi connectivity index (χ1n) is 6.44. The van der Waals surface area contributed by atoms with Crippen LogP contribution >= 0.6 is 15.6 Å². The van der Waals surface area contributed by atoms with Gasteiger partial charge in [0.1, 0.15) is 13.1 Å². The summed E-state index contributed by atoms with van der Waals surface area (Å²) in [5.41, 5.74) is 0. The highest BCUT2D eigenvalue weighted by Crippen LogP contribution is 2.48. The molecule has 0 radical (unpaired) electrons. The molecule has 0 saturated heterocycles. The maximum atomic E-state index is 9.55. The number of hydrogen-bond acceptors (Lipinski definition) is 7. The van der Waals surface area contributed by atoms with Crippen LogP contribution in [0.2, 0.25) is 0 Å². The van der Waals surface area contributed by atoms with Crippen LogP contribution in [0.25, 0.3) is 0 Å². The van der Waals surface area contributed by atoms with Crippen LogP contribution in [0.15, 0.2) is 0 Å². The normalized spacial score (nSPS) is 12.7. The van der Waals surface area contributed by atoms with Crippen molar-refractivity contribution in [3.05, 3.63) is 0 Å². The Hall–Kier alpha value is 0.100. The Bertz CT molecular complexity index is 345. The van der Waals surface area contributed by atoms with Crippen LogP contribution in [0, 0.1) is 0 Å². The van der Waals surface area contributed by atoms with E-state index in [1.54, 1.807) is 0 Å². The molecule has 0 unspecified atom stereocenters. The smallest absolute Gasteiger partial charge is 0.473 e. The van der Waals surface area contributed by atoms with E-state index in [0.29, 0.717) is 0 Å². The first-order valence-corrected chi connectivity index (χ1v) is 9.43. The monoisotopic (exact) mass is 384 g/mol. The van der Waals surface area contributed by atoms with Gasteiger partial charge in [0.2, 0.25) is 0 Å². The fourth-order valence-corrected chi connectivity index (χ4v) is 1.77. The molecule has 0 saturated carbocycles. The van der Waals surface area contributed by atoms with E-state index in [2.05, 4.69) is 46.6 Å². The van der Waals surface area contributed by atoms with Crippen LogP contribution in [0.3, 0.4) is 0 Å². The summed E-state index contributed by atoms with van der Waals surface area (Å²) < 4.78 is 23.4. The highest BCUT2D eigenvalue weighted by molar-refractivity contribution is 7.58. The maximum absolute atomic E-state index is 9.55. The third-order valence-corrected chi connectivity index (χ3v) is 3.40. The molecule has 0 bridgehead atoms. The molecule has 0 aromatic heterocycles. The SMILES string of the molecule is C[N+](C)(C)CCO.C[N+](C)(C)CCO.O=P([O-])([O-])OP(=O)(O)O. The molecule has 144 valence electrons. The van der Waals surface area contributed by atoms with Crippen LogP contribution in [-0.2, 0) is 13.4 Å². The molecule has 11 nitrogen and oxygen atoms in total. The van der Waals surface area contributed by atoms with Crippen LogP contribution in [-0.4, -0.2) is 97.6 Å². The molecular weight excluding hydrogens is 354 g/mol. The Morgan fingerprint density at radius 2 is 1.09 bits per heavy atom. The van der Waals surface area contributed by atoms with Crippen LogP contribution in [0.4, 0.5) is 0 Å². The van der Waals surface area contributed by atoms with Gasteiger partial charge in [-0.1, -0.05) is 0 Å². The number of nitrogens with zero attached hydrogens (tertiary/aromatic N) is 2. The zero-order chi connectivity index (χ0) is 19.5. The Labute approximate surface area is 137 Å². The topological polar surface area (TPSA) is 170 Å². The van der Waals surface area contributed by atoms with Crippen molar-refractivity contribution in [3.63, 3.8) is 0 Å². The van der Waals surface area contributed by atoms with E-state index in [9.17, 15) is 18.9 Å². The van der Waals surface area contributed by atoms with Gasteiger partial charge in [-0.25, -0.2) is 4.57 Å². The first kappa shape index (κ1) is 27.9. The fourth-order valence-electron chi connectivity index (χ4n) is 0.730. The van der Waals surface area contributed by atoms with E-state index in [0.717, 1.165) is 22.1 Å². The lowest BCUT2D eigenvalue weighted by Crippen LogP contribution is -2.36. The Morgan fingerprint density at radius 3 is 1.09 bits per heavy atom. The number of rotatable bonds is 6. The summed E-state index contributed by atoms with van der Waals surface area (Å²) in [6, 6.07) is 0. The molecule has 0 aromatic carbocycles. The summed E-state index contributed by atoms with van der Waals surface area (Å²) in [5, 5.41) is 16.8. The van der Waals surface area contributed by atoms with Gasteiger partial charge in [-0.2, -0.15) is 0 Å². The van der Waals surface area contributed by atoms with Gasteiger partial charge in [-0.3, -0.25) is 4.31 Å². The number of aliphatic hydroxyl groups is 2. The number of phosphoric acid groups is 2. The molecule has 0 aliphatic carbocycles. The van der Waals surface area contributed by atoms with Crippen molar-refractivity contribution in [2.75, 3.05) is 68.6 Å². The average Bonchev–Trinajstić information content (AvgIpc) is 2.07. The van der Waals surface area contributed by atoms with Crippen molar-refractivity contribution < 1.29 is 52.2 Å². The number of likely N-dealkylation sites (N-methyl/N-ethyl adjacent to an activating group) is 2. The van der Waals surface area contributed by atoms with Gasteiger partial charge in [0.05, 0.1) is 63.3 Å². The number of quaternary nitrogens is 2. The van der Waals surface area contributed by atoms with Crippen molar-refractivity contribution >= 4 is 15.6 Å². The summed E-state index contributed by atoms with van der Waals surface area (Å²) >= 11 is 0. The standard InChI is InChI=1S/2C5H14NO.H4O7P2/c2*1-6(2,3)4-5-7;1-8(2,3)7-9(4,5)6/h2*7H,4-5H2,1-3H3;(H2,1,2,3)(H2,4,5,6)/q2*+1;/p-2. The van der Waals surface area contributed by atoms with Gasteiger partial charge in [0.25, 0.3) is 0 Å². The Balaban J connectivity index is -0.000000264. The average molecular weight is 384 g/mol. The predicted molar refractivity (Wildman–Crippen MR) is 80.7 cm³/mol. The fraction of sp³-hybridized carbons (Fsp3) is 1.00. The largest absolute Gasteiger partial charge is 0.789 e. The minimum atomic E-state index is -5.55. The van der Waals surface area contributed by atoms with E-state index in [4.69, 9.17) is 20.0 Å². The van der Waals surface area contributed by atoms with Gasteiger partial charge in [-0.15, -0.1) is 0 Å². The lowest BCUT2D eigenvalue weighted by Gasteiger charge is -2.27. The molecule has 0 fully saturated rings. The lowest BCUT2D eigenvalue weighted by molar-refractivity contribution is -0.870. The van der Waals surface area contributed by atoms with Gasteiger partial charge < -0.3 is 43.3 Å². The van der Waals surface area contributed by atoms with E-state index in [1.807, 2.05) is 0 Å². The molecule has 0 atom stereocenters. The summed E-state index contributed by atoms with van der Waals surface area (Å²) in [6.07, 6.45) is 0. The summed E-state index contributed by atoms with van der Waals surface area (Å²) in [7, 11) is 1.59.